The second-order valence-corrected chi connectivity index (χ2v) is 6.25. The number of carboxylic acids is 1. The molecule has 2 N–H and O–H groups in total. The van der Waals surface area contributed by atoms with E-state index in [2.05, 4.69) is 32.2 Å². The van der Waals surface area contributed by atoms with Crippen LogP contribution in [0.2, 0.25) is 0 Å². The molecule has 0 fully saturated rings. The Morgan fingerprint density at radius 1 is 1.71 bits per heavy atom. The zero-order valence-corrected chi connectivity index (χ0v) is 11.3. The Morgan fingerprint density at radius 2 is 2.41 bits per heavy atom. The number of fused-ring (bicyclic) bond motifs is 1. The molecule has 0 amide bonds. The van der Waals surface area contributed by atoms with Crippen molar-refractivity contribution in [1.29, 1.82) is 0 Å². The Kier molecular flexibility index (Phi) is 3.27. The van der Waals surface area contributed by atoms with E-state index in [1.54, 1.807) is 11.3 Å². The van der Waals surface area contributed by atoms with Gasteiger partial charge in [-0.15, -0.1) is 11.3 Å². The third-order valence-corrected chi connectivity index (χ3v) is 4.35. The highest BCUT2D eigenvalue weighted by atomic mass is 32.1. The van der Waals surface area contributed by atoms with Crippen LogP contribution in [0.5, 0.6) is 0 Å². The predicted octanol–water partition coefficient (Wildman–Crippen LogP) is 2.61. The van der Waals surface area contributed by atoms with Crippen LogP contribution < -0.4 is 5.32 Å². The molecular weight excluding hydrogens is 234 g/mol. The highest BCUT2D eigenvalue weighted by Crippen LogP contribution is 2.39. The molecule has 3 nitrogen and oxygen atoms in total. The maximum Gasteiger partial charge on any atom is 0.329 e. The van der Waals surface area contributed by atoms with Gasteiger partial charge in [0.2, 0.25) is 0 Å². The molecule has 2 unspecified atom stereocenters. The fraction of sp³-hybridized carbons (Fsp3) is 0.615. The van der Waals surface area contributed by atoms with Crippen molar-refractivity contribution in [3.8, 4) is 0 Å². The molecule has 0 aromatic carbocycles. The Bertz CT molecular complexity index is 427. The summed E-state index contributed by atoms with van der Waals surface area (Å²) in [5.74, 6) is -0.402. The predicted molar refractivity (Wildman–Crippen MR) is 69.4 cm³/mol. The van der Waals surface area contributed by atoms with Crippen LogP contribution in [0, 0.1) is 5.92 Å². The largest absolute Gasteiger partial charge is 0.480 e. The average Bonchev–Trinajstić information content (AvgIpc) is 2.64. The number of carboxylic acid groups (broad SMARTS) is 1. The Morgan fingerprint density at radius 3 is 3.00 bits per heavy atom. The maximum atomic E-state index is 11.8. The van der Waals surface area contributed by atoms with Crippen LogP contribution in [0.25, 0.3) is 0 Å². The minimum Gasteiger partial charge on any atom is -0.480 e. The van der Waals surface area contributed by atoms with Gasteiger partial charge < -0.3 is 5.11 Å². The monoisotopic (exact) mass is 253 g/mol. The third kappa shape index (κ3) is 2.11. The molecule has 17 heavy (non-hydrogen) atoms. The van der Waals surface area contributed by atoms with Crippen molar-refractivity contribution in [2.45, 2.75) is 45.2 Å². The van der Waals surface area contributed by atoms with Crippen LogP contribution in [0.4, 0.5) is 0 Å². The number of aliphatic carboxylic acids is 1. The molecular formula is C13H19NO2S. The summed E-state index contributed by atoms with van der Waals surface area (Å²) in [5, 5.41) is 15.0. The van der Waals surface area contributed by atoms with Gasteiger partial charge in [-0.1, -0.05) is 13.8 Å². The van der Waals surface area contributed by atoms with Crippen molar-refractivity contribution >= 4 is 17.3 Å². The lowest BCUT2D eigenvalue weighted by Crippen LogP contribution is -2.56. The van der Waals surface area contributed by atoms with E-state index in [9.17, 15) is 9.90 Å². The Balaban J connectivity index is 2.49. The number of hydrogen-bond donors (Lipinski definition) is 2. The number of nitrogens with one attached hydrogen (secondary N) is 1. The number of rotatable bonds is 3. The minimum atomic E-state index is -0.880. The average molecular weight is 253 g/mol. The number of carbonyl (C=O) groups is 1. The van der Waals surface area contributed by atoms with E-state index in [-0.39, 0.29) is 6.04 Å². The fourth-order valence-corrected chi connectivity index (χ4v) is 3.85. The molecule has 0 radical (unpaired) electrons. The lowest BCUT2D eigenvalue weighted by atomic mass is 9.81. The van der Waals surface area contributed by atoms with Crippen molar-refractivity contribution in [2.24, 2.45) is 5.92 Å². The zero-order chi connectivity index (χ0) is 12.6. The highest BCUT2D eigenvalue weighted by Gasteiger charge is 2.46. The summed E-state index contributed by atoms with van der Waals surface area (Å²) in [6, 6.07) is 2.28. The molecule has 2 atom stereocenters. The van der Waals surface area contributed by atoms with Crippen molar-refractivity contribution in [3.05, 3.63) is 21.9 Å². The van der Waals surface area contributed by atoms with E-state index in [0.29, 0.717) is 12.3 Å². The van der Waals surface area contributed by atoms with Gasteiger partial charge in [0.05, 0.1) is 0 Å². The standard InChI is InChI=1S/C13H19NO2S/c1-8(2)7-13(12(15)16)11-10(4-5-17-11)6-9(3)14-13/h4-5,8-9,14H,6-7H2,1-3H3,(H,15,16). The number of hydrogen-bond acceptors (Lipinski definition) is 3. The lowest BCUT2D eigenvalue weighted by molar-refractivity contribution is -0.146. The fourth-order valence-electron chi connectivity index (χ4n) is 2.75. The van der Waals surface area contributed by atoms with Crippen molar-refractivity contribution < 1.29 is 9.90 Å². The molecule has 0 saturated carbocycles. The summed E-state index contributed by atoms with van der Waals surface area (Å²) in [6.45, 7) is 6.19. The number of thiophene rings is 1. The second-order valence-electron chi connectivity index (χ2n) is 5.33. The molecule has 1 aliphatic heterocycles. The van der Waals surface area contributed by atoms with Gasteiger partial charge >= 0.3 is 5.97 Å². The Labute approximate surface area is 106 Å². The van der Waals surface area contributed by atoms with Gasteiger partial charge in [-0.2, -0.15) is 0 Å². The van der Waals surface area contributed by atoms with Gasteiger partial charge in [0.1, 0.15) is 0 Å². The summed E-state index contributed by atoms with van der Waals surface area (Å²) in [7, 11) is 0. The summed E-state index contributed by atoms with van der Waals surface area (Å²) in [4.78, 5) is 12.8. The second kappa shape index (κ2) is 4.42. The molecule has 4 heteroatoms. The molecule has 0 aliphatic carbocycles. The zero-order valence-electron chi connectivity index (χ0n) is 10.5. The first kappa shape index (κ1) is 12.6. The van der Waals surface area contributed by atoms with E-state index in [4.69, 9.17) is 0 Å². The van der Waals surface area contributed by atoms with E-state index < -0.39 is 11.5 Å². The van der Waals surface area contributed by atoms with Gasteiger partial charge in [-0.3, -0.25) is 5.32 Å². The molecule has 0 bridgehead atoms. The SMILES string of the molecule is CC(C)CC1(C(=O)O)NC(C)Cc2ccsc21. The molecule has 0 spiro atoms. The first-order valence-corrected chi connectivity index (χ1v) is 6.91. The van der Waals surface area contributed by atoms with Gasteiger partial charge in [0.25, 0.3) is 0 Å². The molecule has 1 aromatic rings. The molecule has 2 heterocycles. The van der Waals surface area contributed by atoms with Crippen molar-refractivity contribution in [2.75, 3.05) is 0 Å². The van der Waals surface area contributed by atoms with Gasteiger partial charge in [0.15, 0.2) is 5.54 Å². The van der Waals surface area contributed by atoms with E-state index in [1.807, 2.05) is 5.38 Å². The van der Waals surface area contributed by atoms with Crippen LogP contribution in [0.3, 0.4) is 0 Å². The van der Waals surface area contributed by atoms with Crippen LogP contribution in [0.15, 0.2) is 11.4 Å². The van der Waals surface area contributed by atoms with Crippen LogP contribution in [0.1, 0.15) is 37.6 Å². The van der Waals surface area contributed by atoms with E-state index in [1.165, 1.54) is 5.56 Å². The van der Waals surface area contributed by atoms with Crippen molar-refractivity contribution in [3.63, 3.8) is 0 Å². The van der Waals surface area contributed by atoms with Gasteiger partial charge in [0, 0.05) is 10.9 Å². The van der Waals surface area contributed by atoms with Gasteiger partial charge in [-0.25, -0.2) is 4.79 Å². The quantitative estimate of drug-likeness (QED) is 0.870. The summed E-state index contributed by atoms with van der Waals surface area (Å²) in [5.41, 5.74) is 0.319. The molecule has 1 aliphatic rings. The first-order chi connectivity index (χ1) is 7.95. The smallest absolute Gasteiger partial charge is 0.329 e. The van der Waals surface area contributed by atoms with E-state index in [0.717, 1.165) is 11.3 Å². The normalized spacial score (nSPS) is 28.1. The van der Waals surface area contributed by atoms with Crippen LogP contribution in [-0.2, 0) is 16.8 Å². The molecule has 2 rings (SSSR count). The van der Waals surface area contributed by atoms with Gasteiger partial charge in [-0.05, 0) is 42.7 Å². The maximum absolute atomic E-state index is 11.8. The molecule has 94 valence electrons. The summed E-state index contributed by atoms with van der Waals surface area (Å²) < 4.78 is 0. The van der Waals surface area contributed by atoms with Crippen molar-refractivity contribution in [1.82, 2.24) is 5.32 Å². The van der Waals surface area contributed by atoms with Crippen LogP contribution in [-0.4, -0.2) is 17.1 Å². The first-order valence-electron chi connectivity index (χ1n) is 6.03. The molecule has 1 aromatic heterocycles. The lowest BCUT2D eigenvalue weighted by Gasteiger charge is -2.39. The topological polar surface area (TPSA) is 49.3 Å². The van der Waals surface area contributed by atoms with E-state index >= 15 is 0 Å². The third-order valence-electron chi connectivity index (χ3n) is 3.23. The molecule has 0 saturated heterocycles. The van der Waals surface area contributed by atoms with Crippen LogP contribution >= 0.6 is 11.3 Å². The minimum absolute atomic E-state index is 0.215. The summed E-state index contributed by atoms with van der Waals surface area (Å²) >= 11 is 1.56. The highest BCUT2D eigenvalue weighted by molar-refractivity contribution is 7.10. The summed E-state index contributed by atoms with van der Waals surface area (Å²) in [6.07, 6.45) is 1.56. The Hall–Kier alpha value is -0.870.